The maximum Gasteiger partial charge on any atom is 0.0645 e. The molecule has 1 nitrogen and oxygen atoms in total. The Morgan fingerprint density at radius 3 is 2.50 bits per heavy atom. The van der Waals surface area contributed by atoms with E-state index < -0.39 is 0 Å². The maximum atomic E-state index is 3.95. The van der Waals surface area contributed by atoms with Gasteiger partial charge in [-0.3, -0.25) is 0 Å². The molecular formula is C13H21N. The highest BCUT2D eigenvalue weighted by Gasteiger charge is 2.00. The van der Waals surface area contributed by atoms with Gasteiger partial charge < -0.3 is 4.90 Å². The van der Waals surface area contributed by atoms with Crippen molar-refractivity contribution in [1.82, 2.24) is 4.90 Å². The second kappa shape index (κ2) is 7.19. The lowest BCUT2D eigenvalue weighted by Gasteiger charge is -2.19. The van der Waals surface area contributed by atoms with E-state index in [-0.39, 0.29) is 6.04 Å². The normalized spacial score (nSPS) is 12.4. The first-order valence-electron chi connectivity index (χ1n) is 4.96. The van der Waals surface area contributed by atoms with E-state index >= 15 is 0 Å². The van der Waals surface area contributed by atoms with Crippen molar-refractivity contribution in [3.05, 3.63) is 49.7 Å². The van der Waals surface area contributed by atoms with E-state index in [4.69, 9.17) is 0 Å². The topological polar surface area (TPSA) is 3.24 Å². The predicted octanol–water partition coefficient (Wildman–Crippen LogP) is 3.53. The number of likely N-dealkylation sites (N-methyl/N-ethyl adjacent to an activating group) is 1. The van der Waals surface area contributed by atoms with E-state index in [9.17, 15) is 0 Å². The summed E-state index contributed by atoms with van der Waals surface area (Å²) in [7, 11) is 1.98. The van der Waals surface area contributed by atoms with Gasteiger partial charge in [-0.15, -0.1) is 6.58 Å². The van der Waals surface area contributed by atoms with Gasteiger partial charge in [0.1, 0.15) is 0 Å². The molecule has 0 aliphatic rings. The molecule has 0 aliphatic carbocycles. The lowest BCUT2D eigenvalue weighted by atomic mass is 10.1. The smallest absolute Gasteiger partial charge is 0.0645 e. The fourth-order valence-electron chi connectivity index (χ4n) is 1.02. The van der Waals surface area contributed by atoms with Crippen molar-refractivity contribution in [3.8, 4) is 0 Å². The Kier molecular flexibility index (Phi) is 6.55. The van der Waals surface area contributed by atoms with E-state index in [1.54, 1.807) is 6.20 Å². The predicted molar refractivity (Wildman–Crippen MR) is 65.1 cm³/mol. The number of nitrogens with zero attached hydrogens (tertiary/aromatic N) is 1. The van der Waals surface area contributed by atoms with Gasteiger partial charge in [0, 0.05) is 7.05 Å². The van der Waals surface area contributed by atoms with Crippen molar-refractivity contribution in [2.45, 2.75) is 25.8 Å². The van der Waals surface area contributed by atoms with Crippen LogP contribution in [0.15, 0.2) is 49.7 Å². The maximum absolute atomic E-state index is 3.95. The molecule has 0 bridgehead atoms. The zero-order valence-electron chi connectivity index (χ0n) is 9.37. The molecule has 0 fully saturated rings. The van der Waals surface area contributed by atoms with Crippen molar-refractivity contribution in [2.24, 2.45) is 0 Å². The molecule has 0 aromatic rings. The Balaban J connectivity index is 4.10. The summed E-state index contributed by atoms with van der Waals surface area (Å²) in [6.07, 6.45) is 9.94. The minimum Gasteiger partial charge on any atom is -0.371 e. The number of allylic oxidation sites excluding steroid dienone is 2. The van der Waals surface area contributed by atoms with E-state index in [0.717, 1.165) is 12.8 Å². The van der Waals surface area contributed by atoms with Gasteiger partial charge >= 0.3 is 0 Å². The minimum atomic E-state index is 0.233. The quantitative estimate of drug-likeness (QED) is 0.556. The lowest BCUT2D eigenvalue weighted by Crippen LogP contribution is -2.21. The van der Waals surface area contributed by atoms with Crippen LogP contribution in [-0.4, -0.2) is 18.0 Å². The van der Waals surface area contributed by atoms with Crippen LogP contribution >= 0.6 is 0 Å². The number of hydrogen-bond donors (Lipinski definition) is 0. The van der Waals surface area contributed by atoms with Gasteiger partial charge in [-0.05, 0) is 19.0 Å². The van der Waals surface area contributed by atoms with Crippen LogP contribution in [0.4, 0.5) is 0 Å². The Hall–Kier alpha value is -1.24. The van der Waals surface area contributed by atoms with Gasteiger partial charge in [-0.25, -0.2) is 0 Å². The van der Waals surface area contributed by atoms with Gasteiger partial charge in [-0.2, -0.15) is 0 Å². The van der Waals surface area contributed by atoms with Crippen molar-refractivity contribution in [1.29, 1.82) is 0 Å². The Morgan fingerprint density at radius 2 is 2.07 bits per heavy atom. The van der Waals surface area contributed by atoms with Crippen LogP contribution in [0.3, 0.4) is 0 Å². The van der Waals surface area contributed by atoms with Gasteiger partial charge in [0.25, 0.3) is 0 Å². The summed E-state index contributed by atoms with van der Waals surface area (Å²) < 4.78 is 0. The molecular weight excluding hydrogens is 170 g/mol. The average Bonchev–Trinajstić information content (AvgIpc) is 2.22. The summed E-state index contributed by atoms with van der Waals surface area (Å²) in [6.45, 7) is 13.6. The molecule has 0 amide bonds. The fraction of sp³-hybridized carbons (Fsp3) is 0.385. The third kappa shape index (κ3) is 4.70. The van der Waals surface area contributed by atoms with Crippen LogP contribution in [0.1, 0.15) is 19.8 Å². The molecule has 0 saturated heterocycles. The van der Waals surface area contributed by atoms with Crippen molar-refractivity contribution in [3.63, 3.8) is 0 Å². The Labute approximate surface area is 88.1 Å². The van der Waals surface area contributed by atoms with Crippen molar-refractivity contribution < 1.29 is 0 Å². The third-order valence-corrected chi connectivity index (χ3v) is 2.24. The largest absolute Gasteiger partial charge is 0.371 e. The van der Waals surface area contributed by atoms with Crippen LogP contribution < -0.4 is 0 Å². The molecule has 0 N–H and O–H groups in total. The Morgan fingerprint density at radius 1 is 1.43 bits per heavy atom. The molecule has 0 aliphatic heterocycles. The molecule has 0 rings (SSSR count). The number of hydrogen-bond acceptors (Lipinski definition) is 1. The van der Waals surface area contributed by atoms with E-state index in [1.807, 2.05) is 18.0 Å². The molecule has 1 atom stereocenters. The summed E-state index contributed by atoms with van der Waals surface area (Å²) in [5.41, 5.74) is 1.25. The summed E-state index contributed by atoms with van der Waals surface area (Å²) in [5, 5.41) is 0. The first kappa shape index (κ1) is 12.8. The lowest BCUT2D eigenvalue weighted by molar-refractivity contribution is 0.440. The first-order valence-corrected chi connectivity index (χ1v) is 4.96. The second-order valence-electron chi connectivity index (χ2n) is 3.31. The van der Waals surface area contributed by atoms with Crippen molar-refractivity contribution >= 4 is 0 Å². The molecule has 78 valence electrons. The molecule has 0 spiro atoms. The highest BCUT2D eigenvalue weighted by molar-refractivity contribution is 5.09. The highest BCUT2D eigenvalue weighted by Crippen LogP contribution is 2.06. The van der Waals surface area contributed by atoms with E-state index in [0.29, 0.717) is 0 Å². The summed E-state index contributed by atoms with van der Waals surface area (Å²) in [5.74, 6) is 0. The molecule has 14 heavy (non-hydrogen) atoms. The fourth-order valence-corrected chi connectivity index (χ4v) is 1.02. The van der Waals surface area contributed by atoms with Crippen LogP contribution in [0.25, 0.3) is 0 Å². The zero-order chi connectivity index (χ0) is 11.0. The van der Waals surface area contributed by atoms with Crippen LogP contribution in [-0.2, 0) is 0 Å². The third-order valence-electron chi connectivity index (χ3n) is 2.24. The molecule has 1 unspecified atom stereocenters. The van der Waals surface area contributed by atoms with Crippen LogP contribution in [0.2, 0.25) is 0 Å². The van der Waals surface area contributed by atoms with E-state index in [2.05, 4.69) is 38.8 Å². The van der Waals surface area contributed by atoms with Gasteiger partial charge in [0.05, 0.1) is 6.04 Å². The van der Waals surface area contributed by atoms with Crippen LogP contribution in [0, 0.1) is 0 Å². The summed E-state index contributed by atoms with van der Waals surface area (Å²) >= 11 is 0. The van der Waals surface area contributed by atoms with E-state index in [1.165, 1.54) is 5.57 Å². The summed E-state index contributed by atoms with van der Waals surface area (Å²) in [6, 6.07) is 0.233. The first-order chi connectivity index (χ1) is 6.65. The van der Waals surface area contributed by atoms with Gasteiger partial charge in [0.2, 0.25) is 0 Å². The number of rotatable bonds is 7. The minimum absolute atomic E-state index is 0.233. The molecule has 1 heteroatoms. The molecule has 0 radical (unpaired) electrons. The van der Waals surface area contributed by atoms with Gasteiger partial charge in [0.15, 0.2) is 0 Å². The van der Waals surface area contributed by atoms with Crippen LogP contribution in [0.5, 0.6) is 0 Å². The Bertz CT molecular complexity index is 225. The van der Waals surface area contributed by atoms with Crippen molar-refractivity contribution in [2.75, 3.05) is 7.05 Å². The standard InChI is InChI=1S/C13H21N/c1-6-12(4)10-9-11-13(7-2)14(5)8-3/h7-9,11,13H,2-4,6,10H2,1,5H3. The monoisotopic (exact) mass is 191 g/mol. The molecule has 0 saturated carbocycles. The molecule has 0 aromatic carbocycles. The average molecular weight is 191 g/mol. The highest BCUT2D eigenvalue weighted by atomic mass is 15.1. The SMILES string of the molecule is C=CC(C=CCC(=C)CC)N(C)C=C. The zero-order valence-corrected chi connectivity index (χ0v) is 9.37. The molecule has 0 heterocycles. The van der Waals surface area contributed by atoms with Gasteiger partial charge in [-0.1, -0.05) is 43.9 Å². The second-order valence-corrected chi connectivity index (χ2v) is 3.31. The summed E-state index contributed by atoms with van der Waals surface area (Å²) in [4.78, 5) is 2.01. The molecule has 0 aromatic heterocycles.